The molecular weight excluding hydrogens is 266 g/mol. The van der Waals surface area contributed by atoms with Gasteiger partial charge in [-0.05, 0) is 24.3 Å². The molecule has 0 amide bonds. The standard InChI is InChI=1S/C13H14ClN3O2/c14-11-9(7-15)2-5-16-12(11)17-8-13(3-1-4-13)6-10(18)19/h2,5H,1,3-4,6,8H2,(H,16,17)(H,18,19). The second-order valence-corrected chi connectivity index (χ2v) is 5.29. The maximum atomic E-state index is 10.9. The minimum Gasteiger partial charge on any atom is -0.481 e. The van der Waals surface area contributed by atoms with Crippen LogP contribution in [0, 0.1) is 16.7 Å². The second-order valence-electron chi connectivity index (χ2n) is 4.91. The van der Waals surface area contributed by atoms with E-state index in [4.69, 9.17) is 22.0 Å². The summed E-state index contributed by atoms with van der Waals surface area (Å²) in [7, 11) is 0. The molecule has 6 heteroatoms. The molecule has 19 heavy (non-hydrogen) atoms. The number of nitriles is 1. The monoisotopic (exact) mass is 279 g/mol. The predicted octanol–water partition coefficient (Wildman–Crippen LogP) is 2.66. The Morgan fingerprint density at radius 3 is 2.89 bits per heavy atom. The number of carboxylic acids is 1. The van der Waals surface area contributed by atoms with Gasteiger partial charge in [0.15, 0.2) is 0 Å². The summed E-state index contributed by atoms with van der Waals surface area (Å²) < 4.78 is 0. The van der Waals surface area contributed by atoms with E-state index >= 15 is 0 Å². The molecule has 100 valence electrons. The van der Waals surface area contributed by atoms with Crippen molar-refractivity contribution in [2.75, 3.05) is 11.9 Å². The van der Waals surface area contributed by atoms with Crippen LogP contribution in [0.4, 0.5) is 5.82 Å². The van der Waals surface area contributed by atoms with Gasteiger partial charge in [-0.2, -0.15) is 5.26 Å². The lowest BCUT2D eigenvalue weighted by atomic mass is 9.66. The minimum absolute atomic E-state index is 0.148. The Labute approximate surface area is 116 Å². The highest BCUT2D eigenvalue weighted by Gasteiger charge is 2.39. The van der Waals surface area contributed by atoms with Gasteiger partial charge in [-0.15, -0.1) is 0 Å². The van der Waals surface area contributed by atoms with Crippen molar-refractivity contribution in [3.05, 3.63) is 22.8 Å². The number of hydrogen-bond donors (Lipinski definition) is 2. The zero-order valence-electron chi connectivity index (χ0n) is 10.3. The third-order valence-electron chi connectivity index (χ3n) is 3.58. The lowest BCUT2D eigenvalue weighted by molar-refractivity contribution is -0.141. The van der Waals surface area contributed by atoms with Crippen molar-refractivity contribution in [3.8, 4) is 6.07 Å². The number of anilines is 1. The summed E-state index contributed by atoms with van der Waals surface area (Å²) in [5.41, 5.74) is 0.152. The van der Waals surface area contributed by atoms with Crippen molar-refractivity contribution < 1.29 is 9.90 Å². The van der Waals surface area contributed by atoms with Gasteiger partial charge in [0.2, 0.25) is 0 Å². The van der Waals surface area contributed by atoms with Crippen LogP contribution in [0.15, 0.2) is 12.3 Å². The molecule has 0 spiro atoms. The Hall–Kier alpha value is -1.80. The maximum absolute atomic E-state index is 10.9. The first-order valence-corrected chi connectivity index (χ1v) is 6.44. The summed E-state index contributed by atoms with van der Waals surface area (Å²) in [5.74, 6) is -0.344. The van der Waals surface area contributed by atoms with Crippen LogP contribution in [0.25, 0.3) is 0 Å². The van der Waals surface area contributed by atoms with Gasteiger partial charge in [0.1, 0.15) is 16.9 Å². The van der Waals surface area contributed by atoms with Crippen LogP contribution in [-0.4, -0.2) is 22.6 Å². The van der Waals surface area contributed by atoms with Crippen molar-refractivity contribution in [3.63, 3.8) is 0 Å². The van der Waals surface area contributed by atoms with E-state index in [1.54, 1.807) is 6.07 Å². The summed E-state index contributed by atoms with van der Waals surface area (Å²) in [6.07, 6.45) is 4.49. The summed E-state index contributed by atoms with van der Waals surface area (Å²) in [4.78, 5) is 15.0. The van der Waals surface area contributed by atoms with Crippen LogP contribution in [-0.2, 0) is 4.79 Å². The van der Waals surface area contributed by atoms with Crippen molar-refractivity contribution >= 4 is 23.4 Å². The normalized spacial score (nSPS) is 16.2. The molecule has 0 bridgehead atoms. The number of carbonyl (C=O) groups is 1. The Morgan fingerprint density at radius 1 is 1.63 bits per heavy atom. The fraction of sp³-hybridized carbons (Fsp3) is 0.462. The van der Waals surface area contributed by atoms with Gasteiger partial charge in [-0.1, -0.05) is 18.0 Å². The summed E-state index contributed by atoms with van der Waals surface area (Å²) in [6, 6.07) is 3.53. The molecule has 1 saturated carbocycles. The molecule has 1 aliphatic carbocycles. The highest BCUT2D eigenvalue weighted by Crippen LogP contribution is 2.44. The van der Waals surface area contributed by atoms with Crippen LogP contribution in [0.3, 0.4) is 0 Å². The number of halogens is 1. The van der Waals surface area contributed by atoms with Crippen LogP contribution in [0.2, 0.25) is 5.02 Å². The number of nitrogens with one attached hydrogen (secondary N) is 1. The van der Waals surface area contributed by atoms with Gasteiger partial charge >= 0.3 is 5.97 Å². The average molecular weight is 280 g/mol. The number of pyridine rings is 1. The van der Waals surface area contributed by atoms with Gasteiger partial charge in [0, 0.05) is 12.7 Å². The molecule has 5 nitrogen and oxygen atoms in total. The highest BCUT2D eigenvalue weighted by atomic mass is 35.5. The van der Waals surface area contributed by atoms with Crippen LogP contribution < -0.4 is 5.32 Å². The quantitative estimate of drug-likeness (QED) is 0.865. The lowest BCUT2D eigenvalue weighted by Gasteiger charge is -2.41. The first kappa shape index (κ1) is 13.6. The first-order valence-electron chi connectivity index (χ1n) is 6.07. The molecule has 0 atom stereocenters. The number of aromatic nitrogens is 1. The third kappa shape index (κ3) is 2.96. The van der Waals surface area contributed by atoms with E-state index in [-0.39, 0.29) is 16.9 Å². The van der Waals surface area contributed by atoms with E-state index in [2.05, 4.69) is 10.3 Å². The minimum atomic E-state index is -0.786. The fourth-order valence-corrected chi connectivity index (χ4v) is 2.56. The van der Waals surface area contributed by atoms with Crippen molar-refractivity contribution in [2.24, 2.45) is 5.41 Å². The molecule has 2 N–H and O–H groups in total. The summed E-state index contributed by atoms with van der Waals surface area (Å²) >= 11 is 6.04. The lowest BCUT2D eigenvalue weighted by Crippen LogP contribution is -2.38. The summed E-state index contributed by atoms with van der Waals surface area (Å²) in [5, 5.41) is 21.2. The van der Waals surface area contributed by atoms with Gasteiger partial charge in [-0.3, -0.25) is 4.79 Å². The van der Waals surface area contributed by atoms with Crippen LogP contribution >= 0.6 is 11.6 Å². The first-order chi connectivity index (χ1) is 9.06. The predicted molar refractivity (Wildman–Crippen MR) is 71.0 cm³/mol. The van der Waals surface area contributed by atoms with E-state index in [9.17, 15) is 4.79 Å². The molecule has 1 aliphatic rings. The topological polar surface area (TPSA) is 86.0 Å². The number of hydrogen-bond acceptors (Lipinski definition) is 4. The molecule has 1 aromatic heterocycles. The van der Waals surface area contributed by atoms with Gasteiger partial charge in [0.05, 0.1) is 12.0 Å². The molecule has 0 aliphatic heterocycles. The molecule has 0 saturated heterocycles. The highest BCUT2D eigenvalue weighted by molar-refractivity contribution is 6.34. The number of rotatable bonds is 5. The number of carboxylic acid groups (broad SMARTS) is 1. The fourth-order valence-electron chi connectivity index (χ4n) is 2.34. The second kappa shape index (κ2) is 5.45. The Kier molecular flexibility index (Phi) is 3.91. The number of aliphatic carboxylic acids is 1. The van der Waals surface area contributed by atoms with Gasteiger partial charge < -0.3 is 10.4 Å². The zero-order valence-corrected chi connectivity index (χ0v) is 11.1. The Balaban J connectivity index is 2.06. The average Bonchev–Trinajstić information content (AvgIpc) is 2.33. The third-order valence-corrected chi connectivity index (χ3v) is 3.96. The van der Waals surface area contributed by atoms with Gasteiger partial charge in [0.25, 0.3) is 0 Å². The van der Waals surface area contributed by atoms with Gasteiger partial charge in [-0.25, -0.2) is 4.98 Å². The Bertz CT molecular complexity index is 535. The summed E-state index contributed by atoms with van der Waals surface area (Å²) in [6.45, 7) is 0.515. The van der Waals surface area contributed by atoms with E-state index in [0.29, 0.717) is 17.9 Å². The Morgan fingerprint density at radius 2 is 2.37 bits per heavy atom. The molecule has 0 aromatic carbocycles. The van der Waals surface area contributed by atoms with Crippen molar-refractivity contribution in [1.82, 2.24) is 4.98 Å². The van der Waals surface area contributed by atoms with Crippen molar-refractivity contribution in [1.29, 1.82) is 5.26 Å². The molecule has 0 unspecified atom stereocenters. The molecule has 1 fully saturated rings. The molecular formula is C13H14ClN3O2. The molecule has 1 aromatic rings. The molecule has 1 heterocycles. The van der Waals surface area contributed by atoms with E-state index < -0.39 is 5.97 Å². The molecule has 0 radical (unpaired) electrons. The van der Waals surface area contributed by atoms with E-state index in [0.717, 1.165) is 19.3 Å². The van der Waals surface area contributed by atoms with Crippen LogP contribution in [0.5, 0.6) is 0 Å². The maximum Gasteiger partial charge on any atom is 0.303 e. The largest absolute Gasteiger partial charge is 0.481 e. The van der Waals surface area contributed by atoms with E-state index in [1.807, 2.05) is 6.07 Å². The smallest absolute Gasteiger partial charge is 0.303 e. The van der Waals surface area contributed by atoms with Crippen molar-refractivity contribution in [2.45, 2.75) is 25.7 Å². The van der Waals surface area contributed by atoms with E-state index in [1.165, 1.54) is 6.20 Å². The van der Waals surface area contributed by atoms with Crippen LogP contribution in [0.1, 0.15) is 31.2 Å². The number of nitrogens with zero attached hydrogens (tertiary/aromatic N) is 2. The zero-order chi connectivity index (χ0) is 13.9. The SMILES string of the molecule is N#Cc1ccnc(NCC2(CC(=O)O)CCC2)c1Cl. The molecule has 2 rings (SSSR count).